The number of H-pyrrole nitrogens is 1. The average Bonchev–Trinajstić information content (AvgIpc) is 3.12. The first-order chi connectivity index (χ1) is 13.8. The van der Waals surface area contributed by atoms with Crippen LogP contribution in [0.4, 0.5) is 5.69 Å². The van der Waals surface area contributed by atoms with Gasteiger partial charge in [0.2, 0.25) is 5.78 Å². The van der Waals surface area contributed by atoms with E-state index in [1.54, 1.807) is 0 Å². The third-order valence-electron chi connectivity index (χ3n) is 4.74. The van der Waals surface area contributed by atoms with Crippen LogP contribution in [0.2, 0.25) is 5.02 Å². The number of aromatic nitrogens is 4. The van der Waals surface area contributed by atoms with E-state index in [0.29, 0.717) is 28.9 Å². The number of fused-ring (bicyclic) bond motifs is 1. The minimum atomic E-state index is -0.236. The van der Waals surface area contributed by atoms with Crippen molar-refractivity contribution in [2.24, 2.45) is 0 Å². The van der Waals surface area contributed by atoms with Crippen LogP contribution in [0, 0.1) is 0 Å². The van der Waals surface area contributed by atoms with Gasteiger partial charge in [-0.1, -0.05) is 68.8 Å². The zero-order chi connectivity index (χ0) is 20.6. The van der Waals surface area contributed by atoms with Gasteiger partial charge in [0.15, 0.2) is 5.82 Å². The molecular formula is C22H22ClN5O. The van der Waals surface area contributed by atoms with Crippen molar-refractivity contribution in [3.8, 4) is 11.4 Å². The van der Waals surface area contributed by atoms with Crippen molar-refractivity contribution in [3.63, 3.8) is 0 Å². The highest BCUT2D eigenvalue weighted by Gasteiger charge is 2.15. The Balaban J connectivity index is 1.62. The molecule has 2 aromatic heterocycles. The van der Waals surface area contributed by atoms with E-state index in [0.717, 1.165) is 11.3 Å². The number of hydrogen-bond donors (Lipinski definition) is 2. The summed E-state index contributed by atoms with van der Waals surface area (Å²) in [6, 6.07) is 17.1. The van der Waals surface area contributed by atoms with Gasteiger partial charge < -0.3 is 10.3 Å². The molecule has 148 valence electrons. The molecule has 2 heterocycles. The van der Waals surface area contributed by atoms with Crippen molar-refractivity contribution in [3.05, 3.63) is 81.2 Å². The van der Waals surface area contributed by atoms with E-state index >= 15 is 0 Å². The molecule has 29 heavy (non-hydrogen) atoms. The molecule has 0 aliphatic heterocycles. The van der Waals surface area contributed by atoms with Crippen molar-refractivity contribution < 1.29 is 0 Å². The van der Waals surface area contributed by atoms with Crippen LogP contribution >= 0.6 is 11.6 Å². The number of anilines is 1. The Bertz CT molecular complexity index is 1220. The molecule has 4 rings (SSSR count). The quantitative estimate of drug-likeness (QED) is 0.516. The lowest BCUT2D eigenvalue weighted by Crippen LogP contribution is -2.17. The minimum Gasteiger partial charge on any atom is -0.378 e. The van der Waals surface area contributed by atoms with Crippen LogP contribution in [0.5, 0.6) is 0 Å². The van der Waals surface area contributed by atoms with Crippen LogP contribution in [-0.2, 0) is 12.0 Å². The van der Waals surface area contributed by atoms with Crippen LogP contribution in [0.15, 0.2) is 59.4 Å². The van der Waals surface area contributed by atoms with E-state index in [2.05, 4.69) is 53.3 Å². The summed E-state index contributed by atoms with van der Waals surface area (Å²) in [6.45, 7) is 6.92. The average molecular weight is 408 g/mol. The van der Waals surface area contributed by atoms with Gasteiger partial charge in [-0.2, -0.15) is 9.50 Å². The van der Waals surface area contributed by atoms with Gasteiger partial charge in [-0.25, -0.2) is 0 Å². The minimum absolute atomic E-state index is 0.0738. The van der Waals surface area contributed by atoms with Crippen molar-refractivity contribution >= 4 is 23.1 Å². The van der Waals surface area contributed by atoms with Gasteiger partial charge in [0.1, 0.15) is 0 Å². The Morgan fingerprint density at radius 2 is 1.83 bits per heavy atom. The molecule has 0 amide bonds. The van der Waals surface area contributed by atoms with Crippen LogP contribution in [-0.4, -0.2) is 19.6 Å². The first kappa shape index (κ1) is 19.2. The van der Waals surface area contributed by atoms with Crippen molar-refractivity contribution in [2.75, 3.05) is 5.32 Å². The fourth-order valence-electron chi connectivity index (χ4n) is 3.07. The lowest BCUT2D eigenvalue weighted by atomic mass is 9.87. The summed E-state index contributed by atoms with van der Waals surface area (Å²) in [5.41, 5.74) is 3.43. The zero-order valence-corrected chi connectivity index (χ0v) is 17.3. The van der Waals surface area contributed by atoms with Gasteiger partial charge in [-0.05, 0) is 23.1 Å². The number of aromatic amines is 1. The molecule has 6 nitrogen and oxygen atoms in total. The predicted octanol–water partition coefficient (Wildman–Crippen LogP) is 4.65. The molecule has 0 aliphatic rings. The SMILES string of the molecule is CC(C)(C)c1ccc(-c2nc3[nH]c(CNc4ccccc4Cl)cc(=O)n3n2)cc1. The van der Waals surface area contributed by atoms with Crippen molar-refractivity contribution in [1.82, 2.24) is 19.6 Å². The fraction of sp³-hybridized carbons (Fsp3) is 0.227. The van der Waals surface area contributed by atoms with Gasteiger partial charge >= 0.3 is 0 Å². The Morgan fingerprint density at radius 1 is 1.10 bits per heavy atom. The first-order valence-electron chi connectivity index (χ1n) is 9.39. The normalized spacial score (nSPS) is 11.7. The highest BCUT2D eigenvalue weighted by atomic mass is 35.5. The van der Waals surface area contributed by atoms with Gasteiger partial charge in [0.25, 0.3) is 5.56 Å². The molecule has 0 atom stereocenters. The number of nitrogens with zero attached hydrogens (tertiary/aromatic N) is 3. The van der Waals surface area contributed by atoms with Crippen LogP contribution in [0.25, 0.3) is 17.2 Å². The molecule has 0 saturated heterocycles. The molecule has 4 aromatic rings. The Morgan fingerprint density at radius 3 is 2.52 bits per heavy atom. The van der Waals surface area contributed by atoms with Gasteiger partial charge in [0.05, 0.1) is 17.3 Å². The number of benzene rings is 2. The molecule has 0 saturated carbocycles. The molecule has 2 aromatic carbocycles. The third-order valence-corrected chi connectivity index (χ3v) is 5.07. The summed E-state index contributed by atoms with van der Waals surface area (Å²) < 4.78 is 1.28. The third kappa shape index (κ3) is 4.03. The van der Waals surface area contributed by atoms with Gasteiger partial charge in [-0.15, -0.1) is 5.10 Å². The van der Waals surface area contributed by atoms with Gasteiger partial charge in [-0.3, -0.25) is 4.79 Å². The zero-order valence-electron chi connectivity index (χ0n) is 16.5. The summed E-state index contributed by atoms with van der Waals surface area (Å²) in [6.07, 6.45) is 0. The maximum atomic E-state index is 12.5. The number of para-hydroxylation sites is 1. The van der Waals surface area contributed by atoms with E-state index in [1.807, 2.05) is 36.4 Å². The molecule has 0 bridgehead atoms. The second kappa shape index (κ2) is 7.37. The number of hydrogen-bond acceptors (Lipinski definition) is 4. The van der Waals surface area contributed by atoms with E-state index < -0.39 is 0 Å². The summed E-state index contributed by atoms with van der Waals surface area (Å²) in [5, 5.41) is 8.21. The first-order valence-corrected chi connectivity index (χ1v) is 9.77. The van der Waals surface area contributed by atoms with Crippen LogP contribution in [0.3, 0.4) is 0 Å². The summed E-state index contributed by atoms with van der Waals surface area (Å²) >= 11 is 6.17. The second-order valence-corrected chi connectivity index (χ2v) is 8.37. The molecule has 0 fully saturated rings. The van der Waals surface area contributed by atoms with E-state index in [1.165, 1.54) is 16.1 Å². The molecular weight excluding hydrogens is 386 g/mol. The van der Waals surface area contributed by atoms with E-state index in [4.69, 9.17) is 11.6 Å². The maximum Gasteiger partial charge on any atom is 0.275 e. The summed E-state index contributed by atoms with van der Waals surface area (Å²) in [7, 11) is 0. The van der Waals surface area contributed by atoms with Crippen LogP contribution in [0.1, 0.15) is 32.0 Å². The molecule has 0 aliphatic carbocycles. The van der Waals surface area contributed by atoms with Crippen molar-refractivity contribution in [1.29, 1.82) is 0 Å². The maximum absolute atomic E-state index is 12.5. The molecule has 0 spiro atoms. The molecule has 7 heteroatoms. The topological polar surface area (TPSA) is 75.1 Å². The largest absolute Gasteiger partial charge is 0.378 e. The van der Waals surface area contributed by atoms with Gasteiger partial charge in [0, 0.05) is 17.3 Å². The summed E-state index contributed by atoms with van der Waals surface area (Å²) in [4.78, 5) is 20.2. The highest BCUT2D eigenvalue weighted by molar-refractivity contribution is 6.33. The monoisotopic (exact) mass is 407 g/mol. The number of halogens is 1. The lowest BCUT2D eigenvalue weighted by molar-refractivity contribution is 0.590. The smallest absolute Gasteiger partial charge is 0.275 e. The van der Waals surface area contributed by atoms with Crippen LogP contribution < -0.4 is 10.9 Å². The molecule has 2 N–H and O–H groups in total. The second-order valence-electron chi connectivity index (χ2n) is 7.96. The molecule has 0 radical (unpaired) electrons. The predicted molar refractivity (Wildman–Crippen MR) is 117 cm³/mol. The summed E-state index contributed by atoms with van der Waals surface area (Å²) in [5.74, 6) is 0.915. The Hall–Kier alpha value is -3.12. The highest BCUT2D eigenvalue weighted by Crippen LogP contribution is 2.25. The number of nitrogens with one attached hydrogen (secondary N) is 2. The lowest BCUT2D eigenvalue weighted by Gasteiger charge is -2.18. The van der Waals surface area contributed by atoms with E-state index in [9.17, 15) is 4.79 Å². The standard InChI is InChI=1S/C22H22ClN5O/c1-22(2,3)15-10-8-14(9-11-15)20-26-21-25-16(12-19(29)28(21)27-20)13-24-18-7-5-4-6-17(18)23/h4-12,24H,13H2,1-3H3,(H,25,26,27). The molecule has 0 unspecified atom stereocenters. The van der Waals surface area contributed by atoms with E-state index in [-0.39, 0.29) is 11.0 Å². The fourth-order valence-corrected chi connectivity index (χ4v) is 3.27. The Labute approximate surface area is 173 Å². The van der Waals surface area contributed by atoms with Crippen molar-refractivity contribution in [2.45, 2.75) is 32.7 Å². The number of rotatable bonds is 4. The Kier molecular flexibility index (Phi) is 4.88.